The summed E-state index contributed by atoms with van der Waals surface area (Å²) in [5.74, 6) is -0.426. The summed E-state index contributed by atoms with van der Waals surface area (Å²) in [6.45, 7) is 7.57. The zero-order chi connectivity index (χ0) is 24.7. The van der Waals surface area contributed by atoms with E-state index in [1.165, 1.54) is 6.08 Å². The van der Waals surface area contributed by atoms with Crippen molar-refractivity contribution in [2.24, 2.45) is 0 Å². The molecule has 0 atom stereocenters. The van der Waals surface area contributed by atoms with Crippen molar-refractivity contribution in [2.75, 3.05) is 17.2 Å². The topological polar surface area (TPSA) is 91.2 Å². The van der Waals surface area contributed by atoms with Crippen LogP contribution in [0.5, 0.6) is 5.75 Å². The third-order valence-corrected chi connectivity index (χ3v) is 5.67. The number of hydrogen-bond donors (Lipinski definition) is 2. The summed E-state index contributed by atoms with van der Waals surface area (Å²) in [6.07, 6.45) is 1.46. The zero-order valence-corrected chi connectivity index (χ0v) is 19.7. The highest BCUT2D eigenvalue weighted by Gasteiger charge is 2.14. The van der Waals surface area contributed by atoms with Crippen molar-refractivity contribution in [1.82, 2.24) is 0 Å². The van der Waals surface area contributed by atoms with Crippen molar-refractivity contribution in [1.29, 1.82) is 5.26 Å². The van der Waals surface area contributed by atoms with Gasteiger partial charge in [-0.15, -0.1) is 0 Å². The Morgan fingerprint density at radius 3 is 2.06 bits per heavy atom. The zero-order valence-electron chi connectivity index (χ0n) is 19.7. The van der Waals surface area contributed by atoms with Crippen molar-refractivity contribution in [3.8, 4) is 11.8 Å². The molecule has 3 rings (SSSR count). The van der Waals surface area contributed by atoms with Gasteiger partial charge in [-0.05, 0) is 74.2 Å². The molecule has 0 aromatic heterocycles. The van der Waals surface area contributed by atoms with Crippen LogP contribution in [0.1, 0.15) is 27.8 Å². The molecule has 172 valence electrons. The number of para-hydroxylation sites is 1. The Morgan fingerprint density at radius 1 is 0.853 bits per heavy atom. The third-order valence-electron chi connectivity index (χ3n) is 5.67. The fraction of sp³-hybridized carbons (Fsp3) is 0.179. The quantitative estimate of drug-likeness (QED) is 0.366. The van der Waals surface area contributed by atoms with Gasteiger partial charge in [-0.3, -0.25) is 9.59 Å². The van der Waals surface area contributed by atoms with E-state index >= 15 is 0 Å². The summed E-state index contributed by atoms with van der Waals surface area (Å²) in [5.41, 5.74) is 5.89. The second-order valence-corrected chi connectivity index (χ2v) is 7.99. The molecule has 0 spiro atoms. The molecular formula is C28H27N3O3. The third kappa shape index (κ3) is 5.90. The average Bonchev–Trinajstić information content (AvgIpc) is 2.82. The first-order chi connectivity index (χ1) is 16.3. The van der Waals surface area contributed by atoms with E-state index in [9.17, 15) is 14.9 Å². The molecule has 0 heterocycles. The molecule has 0 saturated carbocycles. The van der Waals surface area contributed by atoms with Crippen LogP contribution < -0.4 is 15.4 Å². The van der Waals surface area contributed by atoms with Crippen molar-refractivity contribution in [3.63, 3.8) is 0 Å². The normalized spacial score (nSPS) is 10.9. The van der Waals surface area contributed by atoms with Gasteiger partial charge in [0, 0.05) is 16.9 Å². The molecule has 3 aromatic carbocycles. The SMILES string of the molecule is Cc1cccc(NC(=O)COc2ccccc2/C=C(/C#N)C(=O)Nc2cccc(C)c2C)c1C. The van der Waals surface area contributed by atoms with E-state index in [1.807, 2.05) is 64.1 Å². The number of hydrogen-bond acceptors (Lipinski definition) is 4. The maximum Gasteiger partial charge on any atom is 0.266 e. The van der Waals surface area contributed by atoms with Crippen LogP contribution in [0.15, 0.2) is 66.2 Å². The average molecular weight is 454 g/mol. The van der Waals surface area contributed by atoms with Crippen molar-refractivity contribution < 1.29 is 14.3 Å². The highest BCUT2D eigenvalue weighted by atomic mass is 16.5. The number of carbonyl (C=O) groups is 2. The molecule has 2 amide bonds. The maximum absolute atomic E-state index is 12.7. The smallest absolute Gasteiger partial charge is 0.266 e. The van der Waals surface area contributed by atoms with Gasteiger partial charge in [-0.25, -0.2) is 0 Å². The molecule has 0 saturated heterocycles. The Kier molecular flexibility index (Phi) is 7.83. The molecular weight excluding hydrogens is 426 g/mol. The van der Waals surface area contributed by atoms with Crippen molar-refractivity contribution in [2.45, 2.75) is 27.7 Å². The second kappa shape index (κ2) is 11.0. The molecule has 0 aliphatic heterocycles. The largest absolute Gasteiger partial charge is 0.483 e. The van der Waals surface area contributed by atoms with E-state index in [0.29, 0.717) is 17.0 Å². The van der Waals surface area contributed by atoms with E-state index in [4.69, 9.17) is 4.74 Å². The summed E-state index contributed by atoms with van der Waals surface area (Å²) in [4.78, 5) is 25.2. The number of carbonyl (C=O) groups excluding carboxylic acids is 2. The molecule has 0 aliphatic carbocycles. The summed E-state index contributed by atoms with van der Waals surface area (Å²) < 4.78 is 5.72. The van der Waals surface area contributed by atoms with Crippen LogP contribution in [0.4, 0.5) is 11.4 Å². The van der Waals surface area contributed by atoms with E-state index in [0.717, 1.165) is 27.9 Å². The van der Waals surface area contributed by atoms with Crippen LogP contribution in [-0.2, 0) is 9.59 Å². The predicted octanol–water partition coefficient (Wildman–Crippen LogP) is 5.48. The minimum Gasteiger partial charge on any atom is -0.483 e. The van der Waals surface area contributed by atoms with Crippen LogP contribution in [0, 0.1) is 39.0 Å². The Bertz CT molecular complexity index is 1300. The van der Waals surface area contributed by atoms with Gasteiger partial charge in [0.05, 0.1) is 0 Å². The van der Waals surface area contributed by atoms with Gasteiger partial charge in [0.15, 0.2) is 6.61 Å². The Balaban J connectivity index is 1.73. The van der Waals surface area contributed by atoms with Crippen molar-refractivity contribution >= 4 is 29.3 Å². The van der Waals surface area contributed by atoms with E-state index in [2.05, 4.69) is 10.6 Å². The van der Waals surface area contributed by atoms with Gasteiger partial charge in [-0.2, -0.15) is 5.26 Å². The lowest BCUT2D eigenvalue weighted by Crippen LogP contribution is -2.21. The lowest BCUT2D eigenvalue weighted by atomic mass is 10.1. The van der Waals surface area contributed by atoms with Crippen LogP contribution in [0.3, 0.4) is 0 Å². The number of nitrogens with one attached hydrogen (secondary N) is 2. The van der Waals surface area contributed by atoms with Gasteiger partial charge < -0.3 is 15.4 Å². The highest BCUT2D eigenvalue weighted by molar-refractivity contribution is 6.10. The number of benzene rings is 3. The monoisotopic (exact) mass is 453 g/mol. The maximum atomic E-state index is 12.7. The summed E-state index contributed by atoms with van der Waals surface area (Å²) in [7, 11) is 0. The highest BCUT2D eigenvalue weighted by Crippen LogP contribution is 2.23. The molecule has 0 unspecified atom stereocenters. The van der Waals surface area contributed by atoms with Gasteiger partial charge in [-0.1, -0.05) is 42.5 Å². The summed E-state index contributed by atoms with van der Waals surface area (Å²) in [5, 5.41) is 15.2. The number of anilines is 2. The summed E-state index contributed by atoms with van der Waals surface area (Å²) in [6, 6.07) is 20.2. The van der Waals surface area contributed by atoms with Gasteiger partial charge >= 0.3 is 0 Å². The molecule has 6 nitrogen and oxygen atoms in total. The lowest BCUT2D eigenvalue weighted by Gasteiger charge is -2.13. The van der Waals surface area contributed by atoms with Gasteiger partial charge in [0.2, 0.25) is 0 Å². The van der Waals surface area contributed by atoms with Crippen molar-refractivity contribution in [3.05, 3.63) is 94.1 Å². The lowest BCUT2D eigenvalue weighted by molar-refractivity contribution is -0.118. The minimum atomic E-state index is -0.515. The number of nitriles is 1. The number of ether oxygens (including phenoxy) is 1. The molecule has 0 fully saturated rings. The predicted molar refractivity (Wildman–Crippen MR) is 135 cm³/mol. The first kappa shape index (κ1) is 24.3. The molecule has 34 heavy (non-hydrogen) atoms. The van der Waals surface area contributed by atoms with Gasteiger partial charge in [0.25, 0.3) is 11.8 Å². The Morgan fingerprint density at radius 2 is 1.44 bits per heavy atom. The van der Waals surface area contributed by atoms with Crippen LogP contribution in [0.2, 0.25) is 0 Å². The molecule has 0 radical (unpaired) electrons. The van der Waals surface area contributed by atoms with Gasteiger partial charge in [0.1, 0.15) is 17.4 Å². The second-order valence-electron chi connectivity index (χ2n) is 7.99. The number of rotatable bonds is 7. The molecule has 3 aromatic rings. The van der Waals surface area contributed by atoms with E-state index < -0.39 is 5.91 Å². The molecule has 0 aliphatic rings. The van der Waals surface area contributed by atoms with E-state index in [-0.39, 0.29) is 18.1 Å². The van der Waals surface area contributed by atoms with Crippen LogP contribution in [0.25, 0.3) is 6.08 Å². The van der Waals surface area contributed by atoms with Crippen LogP contribution >= 0.6 is 0 Å². The first-order valence-corrected chi connectivity index (χ1v) is 10.9. The Labute approximate surface area is 199 Å². The first-order valence-electron chi connectivity index (χ1n) is 10.9. The molecule has 2 N–H and O–H groups in total. The fourth-order valence-corrected chi connectivity index (χ4v) is 3.33. The number of amides is 2. The molecule has 6 heteroatoms. The summed E-state index contributed by atoms with van der Waals surface area (Å²) >= 11 is 0. The van der Waals surface area contributed by atoms with E-state index in [1.54, 1.807) is 30.3 Å². The van der Waals surface area contributed by atoms with Crippen LogP contribution in [-0.4, -0.2) is 18.4 Å². The number of aryl methyl sites for hydroxylation is 2. The standard InChI is InChI=1S/C28H27N3O3/c1-18-9-7-12-24(20(18)3)30-27(32)17-34-26-14-6-5-11-22(26)15-23(16-29)28(33)31-25-13-8-10-19(2)21(25)4/h5-15H,17H2,1-4H3,(H,30,32)(H,31,33)/b23-15-. The molecule has 0 bridgehead atoms. The fourth-order valence-electron chi connectivity index (χ4n) is 3.33. The Hall–Kier alpha value is -4.37. The number of nitrogens with zero attached hydrogens (tertiary/aromatic N) is 1. The minimum absolute atomic E-state index is 0.0724.